The van der Waals surface area contributed by atoms with Gasteiger partial charge in [0.15, 0.2) is 16.9 Å². The van der Waals surface area contributed by atoms with Crippen molar-refractivity contribution in [3.05, 3.63) is 52.7 Å². The van der Waals surface area contributed by atoms with Crippen molar-refractivity contribution in [3.8, 4) is 28.6 Å². The minimum Gasteiger partial charge on any atom is -0.504 e. The lowest BCUT2D eigenvalue weighted by Gasteiger charge is -2.19. The highest BCUT2D eigenvalue weighted by molar-refractivity contribution is 5.89. The number of hydrogen-bond donors (Lipinski definition) is 5. The van der Waals surface area contributed by atoms with E-state index in [4.69, 9.17) is 13.9 Å². The van der Waals surface area contributed by atoms with Gasteiger partial charge in [-0.2, -0.15) is 0 Å². The zero-order valence-electron chi connectivity index (χ0n) is 15.8. The first kappa shape index (κ1) is 20.2. The molecule has 30 heavy (non-hydrogen) atoms. The first-order valence-electron chi connectivity index (χ1n) is 9.22. The number of phenols is 2. The molecule has 4 rings (SSSR count). The Hall–Kier alpha value is -3.11. The van der Waals surface area contributed by atoms with Crippen LogP contribution in [0.15, 0.2) is 51.7 Å². The lowest BCUT2D eigenvalue weighted by atomic mass is 10.1. The zero-order valence-corrected chi connectivity index (χ0v) is 15.8. The molecular weight excluding hydrogens is 396 g/mol. The monoisotopic (exact) mass is 416 g/mol. The van der Waals surface area contributed by atoms with E-state index in [-0.39, 0.29) is 22.5 Å². The maximum absolute atomic E-state index is 12.5. The zero-order chi connectivity index (χ0) is 21.6. The van der Waals surface area contributed by atoms with E-state index in [1.807, 2.05) is 0 Å². The molecule has 2 aromatic carbocycles. The van der Waals surface area contributed by atoms with E-state index in [0.29, 0.717) is 5.56 Å². The van der Waals surface area contributed by atoms with Crippen LogP contribution in [0.1, 0.15) is 6.92 Å². The van der Waals surface area contributed by atoms with Crippen molar-refractivity contribution in [3.63, 3.8) is 0 Å². The molecule has 1 fully saturated rings. The molecule has 1 aliphatic rings. The number of fused-ring (bicyclic) bond motifs is 1. The van der Waals surface area contributed by atoms with E-state index in [2.05, 4.69) is 0 Å². The highest BCUT2D eigenvalue weighted by atomic mass is 16.7. The summed E-state index contributed by atoms with van der Waals surface area (Å²) in [5.41, 5.74) is -0.00746. The van der Waals surface area contributed by atoms with Gasteiger partial charge in [0.2, 0.25) is 12.0 Å². The van der Waals surface area contributed by atoms with Crippen molar-refractivity contribution < 1.29 is 39.4 Å². The van der Waals surface area contributed by atoms with E-state index in [1.54, 1.807) is 30.3 Å². The largest absolute Gasteiger partial charge is 0.504 e. The number of benzene rings is 2. The van der Waals surface area contributed by atoms with Gasteiger partial charge in [-0.15, -0.1) is 0 Å². The summed E-state index contributed by atoms with van der Waals surface area (Å²) in [5.74, 6) is -1.61. The molecule has 0 aliphatic carbocycles. The fourth-order valence-corrected chi connectivity index (χ4v) is 3.40. The molecule has 1 aromatic heterocycles. The van der Waals surface area contributed by atoms with Gasteiger partial charge >= 0.3 is 0 Å². The standard InChI is InChI=1S/C21H20O9/c1-9(22)20-18(26)19(27)21(30-20)29-14-8-13-15(17(25)16(14)24)11(23)7-12(28-13)10-5-3-2-4-6-10/h2-9,18-22,24-27H,1H3. The molecule has 1 aliphatic heterocycles. The predicted molar refractivity (Wildman–Crippen MR) is 104 cm³/mol. The van der Waals surface area contributed by atoms with Gasteiger partial charge in [-0.1, -0.05) is 30.3 Å². The summed E-state index contributed by atoms with van der Waals surface area (Å²) in [5, 5.41) is 50.1. The second kappa shape index (κ2) is 7.62. The van der Waals surface area contributed by atoms with Crippen LogP contribution in [0.3, 0.4) is 0 Å². The quantitative estimate of drug-likeness (QED) is 0.394. The first-order chi connectivity index (χ1) is 14.3. The second-order valence-electron chi connectivity index (χ2n) is 7.09. The average molecular weight is 416 g/mol. The average Bonchev–Trinajstić information content (AvgIpc) is 3.00. The summed E-state index contributed by atoms with van der Waals surface area (Å²) in [4.78, 5) is 12.5. The van der Waals surface area contributed by atoms with Crippen molar-refractivity contribution in [2.45, 2.75) is 37.6 Å². The Bertz CT molecular complexity index is 1120. The molecule has 3 aromatic rings. The van der Waals surface area contributed by atoms with Crippen molar-refractivity contribution in [1.29, 1.82) is 0 Å². The molecule has 0 bridgehead atoms. The van der Waals surface area contributed by atoms with Gasteiger partial charge in [-0.25, -0.2) is 0 Å². The van der Waals surface area contributed by atoms with Crippen LogP contribution < -0.4 is 10.2 Å². The molecule has 9 heteroatoms. The first-order valence-corrected chi connectivity index (χ1v) is 9.22. The van der Waals surface area contributed by atoms with Crippen molar-refractivity contribution in [1.82, 2.24) is 0 Å². The normalized spacial score (nSPS) is 24.8. The van der Waals surface area contributed by atoms with Crippen molar-refractivity contribution in [2.75, 3.05) is 0 Å². The van der Waals surface area contributed by atoms with E-state index in [0.717, 1.165) is 0 Å². The van der Waals surface area contributed by atoms with Crippen LogP contribution in [0.5, 0.6) is 17.2 Å². The Morgan fingerprint density at radius 2 is 1.73 bits per heavy atom. The number of aliphatic hydroxyl groups excluding tert-OH is 3. The van der Waals surface area contributed by atoms with Crippen molar-refractivity contribution >= 4 is 11.0 Å². The van der Waals surface area contributed by atoms with Crippen LogP contribution in [0.2, 0.25) is 0 Å². The third-order valence-electron chi connectivity index (χ3n) is 4.97. The molecule has 0 radical (unpaired) electrons. The van der Waals surface area contributed by atoms with Crippen molar-refractivity contribution in [2.24, 2.45) is 0 Å². The summed E-state index contributed by atoms with van der Waals surface area (Å²) in [7, 11) is 0. The Labute approximate surface area is 170 Å². The molecule has 1 saturated heterocycles. The van der Waals surface area contributed by atoms with Crippen LogP contribution in [0.25, 0.3) is 22.3 Å². The molecule has 5 atom stereocenters. The number of rotatable bonds is 4. The van der Waals surface area contributed by atoms with E-state index in [9.17, 15) is 30.3 Å². The molecule has 0 spiro atoms. The molecule has 0 saturated carbocycles. The summed E-state index contributed by atoms with van der Waals surface area (Å²) in [6, 6.07) is 11.2. The number of ether oxygens (including phenoxy) is 2. The molecular formula is C21H20O9. The maximum atomic E-state index is 12.5. The SMILES string of the molecule is CC(O)C1OC(Oc2cc3oc(-c4ccccc4)cc(=O)c3c(O)c2O)C(O)C1O. The van der Waals surface area contributed by atoms with Gasteiger partial charge in [-0.3, -0.25) is 4.79 Å². The van der Waals surface area contributed by atoms with Crippen LogP contribution in [0, 0.1) is 0 Å². The molecule has 0 amide bonds. The molecule has 158 valence electrons. The predicted octanol–water partition coefficient (Wildman–Crippen LogP) is 1.08. The number of hydrogen-bond acceptors (Lipinski definition) is 9. The fourth-order valence-electron chi connectivity index (χ4n) is 3.40. The topological polar surface area (TPSA) is 150 Å². The molecule has 9 nitrogen and oxygen atoms in total. The summed E-state index contributed by atoms with van der Waals surface area (Å²) >= 11 is 0. The lowest BCUT2D eigenvalue weighted by Crippen LogP contribution is -2.38. The van der Waals surface area contributed by atoms with Gasteiger partial charge in [-0.05, 0) is 6.92 Å². The molecule has 5 N–H and O–H groups in total. The third-order valence-corrected chi connectivity index (χ3v) is 4.97. The van der Waals surface area contributed by atoms with Gasteiger partial charge in [0.05, 0.1) is 6.10 Å². The summed E-state index contributed by atoms with van der Waals surface area (Å²) < 4.78 is 16.5. The van der Waals surface area contributed by atoms with Crippen LogP contribution >= 0.6 is 0 Å². The van der Waals surface area contributed by atoms with Gasteiger partial charge in [0.25, 0.3) is 0 Å². The van der Waals surface area contributed by atoms with E-state index >= 15 is 0 Å². The van der Waals surface area contributed by atoms with Crippen LogP contribution in [0.4, 0.5) is 0 Å². The number of aliphatic hydroxyl groups is 3. The molecule has 5 unspecified atom stereocenters. The Kier molecular flexibility index (Phi) is 5.12. The minimum absolute atomic E-state index is 0.0632. The van der Waals surface area contributed by atoms with E-state index < -0.39 is 47.6 Å². The lowest BCUT2D eigenvalue weighted by molar-refractivity contribution is -0.129. The highest BCUT2D eigenvalue weighted by Gasteiger charge is 2.46. The summed E-state index contributed by atoms with van der Waals surface area (Å²) in [6.07, 6.45) is -6.58. The Morgan fingerprint density at radius 3 is 2.37 bits per heavy atom. The Balaban J connectivity index is 1.76. The maximum Gasteiger partial charge on any atom is 0.229 e. The third kappa shape index (κ3) is 3.37. The van der Waals surface area contributed by atoms with Crippen LogP contribution in [-0.4, -0.2) is 56.2 Å². The van der Waals surface area contributed by atoms with E-state index in [1.165, 1.54) is 19.1 Å². The van der Waals surface area contributed by atoms with Gasteiger partial charge < -0.3 is 39.4 Å². The second-order valence-corrected chi connectivity index (χ2v) is 7.09. The number of phenolic OH excluding ortho intramolecular Hbond substituents is 2. The number of aromatic hydroxyl groups is 2. The van der Waals surface area contributed by atoms with Gasteiger partial charge in [0.1, 0.15) is 35.0 Å². The van der Waals surface area contributed by atoms with Gasteiger partial charge in [0, 0.05) is 17.7 Å². The fraction of sp³-hybridized carbons (Fsp3) is 0.286. The Morgan fingerprint density at radius 1 is 1.03 bits per heavy atom. The minimum atomic E-state index is -1.52. The molecule has 2 heterocycles. The summed E-state index contributed by atoms with van der Waals surface area (Å²) in [6.45, 7) is 1.38. The van der Waals surface area contributed by atoms with Crippen LogP contribution in [-0.2, 0) is 4.74 Å². The smallest absolute Gasteiger partial charge is 0.229 e. The highest BCUT2D eigenvalue weighted by Crippen LogP contribution is 2.42.